The van der Waals surface area contributed by atoms with Crippen molar-refractivity contribution in [2.45, 2.75) is 6.42 Å². The molecule has 1 heterocycles. The number of benzene rings is 1. The third-order valence-electron chi connectivity index (χ3n) is 2.76. The van der Waals surface area contributed by atoms with Crippen LogP contribution in [0.2, 0.25) is 0 Å². The minimum Gasteiger partial charge on any atom is -0.478 e. The van der Waals surface area contributed by atoms with Gasteiger partial charge in [0.15, 0.2) is 11.6 Å². The lowest BCUT2D eigenvalue weighted by atomic mass is 10.1. The second-order valence-corrected chi connectivity index (χ2v) is 4.13. The standard InChI is InChI=1S/C14H12F2N2O2/c15-12-10(14(19)20)3-4-11(13(12)16)18-7-5-9-2-1-6-17-8-9/h1-4,6,8,18H,5,7H2,(H,19,20). The molecule has 0 amide bonds. The zero-order chi connectivity index (χ0) is 14.5. The van der Waals surface area contributed by atoms with Crippen LogP contribution in [0, 0.1) is 11.6 Å². The maximum atomic E-state index is 13.6. The van der Waals surface area contributed by atoms with Crippen LogP contribution in [0.4, 0.5) is 14.5 Å². The molecule has 0 bridgehead atoms. The summed E-state index contributed by atoms with van der Waals surface area (Å²) < 4.78 is 27.1. The number of pyridine rings is 1. The fourth-order valence-corrected chi connectivity index (χ4v) is 1.74. The van der Waals surface area contributed by atoms with E-state index < -0.39 is 23.2 Å². The fraction of sp³-hybridized carbons (Fsp3) is 0.143. The van der Waals surface area contributed by atoms with Crippen molar-refractivity contribution in [3.8, 4) is 0 Å². The smallest absolute Gasteiger partial charge is 0.338 e. The normalized spacial score (nSPS) is 10.3. The number of carbonyl (C=O) groups is 1. The highest BCUT2D eigenvalue weighted by Gasteiger charge is 2.17. The molecule has 0 aliphatic heterocycles. The zero-order valence-corrected chi connectivity index (χ0v) is 10.4. The van der Waals surface area contributed by atoms with Crippen LogP contribution in [0.3, 0.4) is 0 Å². The lowest BCUT2D eigenvalue weighted by molar-refractivity contribution is 0.0690. The van der Waals surface area contributed by atoms with E-state index in [1.807, 2.05) is 6.07 Å². The average molecular weight is 278 g/mol. The van der Waals surface area contributed by atoms with Crippen LogP contribution in [0.15, 0.2) is 36.7 Å². The third kappa shape index (κ3) is 3.09. The average Bonchev–Trinajstić information content (AvgIpc) is 2.44. The van der Waals surface area contributed by atoms with Crippen molar-refractivity contribution in [2.75, 3.05) is 11.9 Å². The first-order chi connectivity index (χ1) is 9.59. The van der Waals surface area contributed by atoms with Gasteiger partial charge in [-0.2, -0.15) is 0 Å². The maximum absolute atomic E-state index is 13.6. The van der Waals surface area contributed by atoms with Crippen LogP contribution in [0.25, 0.3) is 0 Å². The van der Waals surface area contributed by atoms with Gasteiger partial charge < -0.3 is 10.4 Å². The van der Waals surface area contributed by atoms with Crippen LogP contribution in [-0.4, -0.2) is 22.6 Å². The first kappa shape index (κ1) is 13.9. The molecule has 0 unspecified atom stereocenters. The Labute approximate surface area is 114 Å². The van der Waals surface area contributed by atoms with Crippen LogP contribution in [-0.2, 0) is 6.42 Å². The molecule has 0 saturated heterocycles. The number of carboxylic acids is 1. The highest BCUT2D eigenvalue weighted by molar-refractivity contribution is 5.88. The molecule has 2 aromatic rings. The molecule has 6 heteroatoms. The van der Waals surface area contributed by atoms with Crippen LogP contribution in [0.1, 0.15) is 15.9 Å². The largest absolute Gasteiger partial charge is 0.478 e. The topological polar surface area (TPSA) is 62.2 Å². The van der Waals surface area contributed by atoms with Crippen molar-refractivity contribution in [2.24, 2.45) is 0 Å². The molecule has 2 rings (SSSR count). The van der Waals surface area contributed by atoms with Crippen molar-refractivity contribution in [1.29, 1.82) is 0 Å². The molecule has 104 valence electrons. The van der Waals surface area contributed by atoms with Crippen molar-refractivity contribution in [3.05, 3.63) is 59.4 Å². The van der Waals surface area contributed by atoms with E-state index in [2.05, 4.69) is 10.3 Å². The van der Waals surface area contributed by atoms with E-state index >= 15 is 0 Å². The number of nitrogens with one attached hydrogen (secondary N) is 1. The predicted octanol–water partition coefficient (Wildman–Crippen LogP) is 2.71. The lowest BCUT2D eigenvalue weighted by Gasteiger charge is -2.09. The van der Waals surface area contributed by atoms with Gasteiger partial charge in [0.05, 0.1) is 11.3 Å². The Morgan fingerprint density at radius 1 is 1.25 bits per heavy atom. The van der Waals surface area contributed by atoms with Crippen molar-refractivity contribution < 1.29 is 18.7 Å². The second-order valence-electron chi connectivity index (χ2n) is 4.13. The van der Waals surface area contributed by atoms with Gasteiger partial charge in [-0.25, -0.2) is 13.6 Å². The fourth-order valence-electron chi connectivity index (χ4n) is 1.74. The van der Waals surface area contributed by atoms with Crippen molar-refractivity contribution in [1.82, 2.24) is 4.98 Å². The Morgan fingerprint density at radius 3 is 2.70 bits per heavy atom. The number of aromatic nitrogens is 1. The first-order valence-corrected chi connectivity index (χ1v) is 5.93. The van der Waals surface area contributed by atoms with Crippen LogP contribution >= 0.6 is 0 Å². The van der Waals surface area contributed by atoms with E-state index in [4.69, 9.17) is 5.11 Å². The molecule has 2 N–H and O–H groups in total. The summed E-state index contributed by atoms with van der Waals surface area (Å²) in [6.45, 7) is 0.383. The molecule has 0 spiro atoms. The summed E-state index contributed by atoms with van der Waals surface area (Å²) in [5.74, 6) is -4.04. The number of hydrogen-bond acceptors (Lipinski definition) is 3. The Morgan fingerprint density at radius 2 is 2.05 bits per heavy atom. The summed E-state index contributed by atoms with van der Waals surface area (Å²) in [6, 6.07) is 5.91. The highest BCUT2D eigenvalue weighted by atomic mass is 19.2. The molecular formula is C14H12F2N2O2. The number of rotatable bonds is 5. The van der Waals surface area contributed by atoms with Gasteiger partial charge in [0.25, 0.3) is 0 Å². The monoisotopic (exact) mass is 278 g/mol. The van der Waals surface area contributed by atoms with Gasteiger partial charge in [-0.05, 0) is 30.2 Å². The van der Waals surface area contributed by atoms with Gasteiger partial charge in [0.2, 0.25) is 0 Å². The molecule has 0 fully saturated rings. The minimum atomic E-state index is -1.50. The second kappa shape index (κ2) is 6.10. The summed E-state index contributed by atoms with van der Waals surface area (Å²) >= 11 is 0. The molecule has 0 aliphatic carbocycles. The van der Waals surface area contributed by atoms with E-state index in [1.165, 1.54) is 6.07 Å². The van der Waals surface area contributed by atoms with E-state index in [9.17, 15) is 13.6 Å². The van der Waals surface area contributed by atoms with Gasteiger partial charge >= 0.3 is 5.97 Å². The van der Waals surface area contributed by atoms with Crippen molar-refractivity contribution in [3.63, 3.8) is 0 Å². The summed E-state index contributed by atoms with van der Waals surface area (Å²) in [5.41, 5.74) is 0.222. The van der Waals surface area contributed by atoms with Crippen LogP contribution < -0.4 is 5.32 Å². The summed E-state index contributed by atoms with van der Waals surface area (Å²) in [4.78, 5) is 14.6. The zero-order valence-electron chi connectivity index (χ0n) is 10.4. The minimum absolute atomic E-state index is 0.0589. The Kier molecular flexibility index (Phi) is 4.24. The van der Waals surface area contributed by atoms with E-state index in [1.54, 1.807) is 18.5 Å². The Balaban J connectivity index is 2.04. The molecule has 0 aliphatic rings. The highest BCUT2D eigenvalue weighted by Crippen LogP contribution is 2.20. The van der Waals surface area contributed by atoms with Crippen molar-refractivity contribution >= 4 is 11.7 Å². The molecule has 20 heavy (non-hydrogen) atoms. The van der Waals surface area contributed by atoms with E-state index in [0.29, 0.717) is 13.0 Å². The Bertz CT molecular complexity index is 618. The Hall–Kier alpha value is -2.50. The molecule has 0 radical (unpaired) electrons. The summed E-state index contributed by atoms with van der Waals surface area (Å²) in [7, 11) is 0. The first-order valence-electron chi connectivity index (χ1n) is 5.93. The van der Waals surface area contributed by atoms with Gasteiger partial charge in [0, 0.05) is 18.9 Å². The van der Waals surface area contributed by atoms with Gasteiger partial charge in [-0.15, -0.1) is 0 Å². The van der Waals surface area contributed by atoms with Crippen LogP contribution in [0.5, 0.6) is 0 Å². The number of hydrogen-bond donors (Lipinski definition) is 2. The molecule has 4 nitrogen and oxygen atoms in total. The SMILES string of the molecule is O=C(O)c1ccc(NCCc2cccnc2)c(F)c1F. The van der Waals surface area contributed by atoms with Gasteiger partial charge in [-0.1, -0.05) is 6.07 Å². The molecule has 1 aromatic carbocycles. The predicted molar refractivity (Wildman–Crippen MR) is 69.7 cm³/mol. The lowest BCUT2D eigenvalue weighted by Crippen LogP contribution is -2.10. The number of anilines is 1. The molecule has 0 atom stereocenters. The van der Waals surface area contributed by atoms with Gasteiger partial charge in [0.1, 0.15) is 0 Å². The quantitative estimate of drug-likeness (QED) is 0.882. The summed E-state index contributed by atoms with van der Waals surface area (Å²) in [6.07, 6.45) is 3.93. The molecule has 1 aromatic heterocycles. The third-order valence-corrected chi connectivity index (χ3v) is 2.76. The number of carboxylic acid groups (broad SMARTS) is 1. The molecular weight excluding hydrogens is 266 g/mol. The maximum Gasteiger partial charge on any atom is 0.338 e. The van der Waals surface area contributed by atoms with E-state index in [0.717, 1.165) is 11.6 Å². The van der Waals surface area contributed by atoms with Gasteiger partial charge in [-0.3, -0.25) is 4.98 Å². The number of halogens is 2. The molecule has 0 saturated carbocycles. The summed E-state index contributed by atoms with van der Waals surface area (Å²) in [5, 5.41) is 11.4. The van der Waals surface area contributed by atoms with E-state index in [-0.39, 0.29) is 5.69 Å². The number of nitrogens with zero attached hydrogens (tertiary/aromatic N) is 1. The number of aromatic carboxylic acids is 1.